The minimum Gasteiger partial charge on any atom is -0.493 e. The Bertz CT molecular complexity index is 1700. The Morgan fingerprint density at radius 3 is 2.66 bits per heavy atom. The van der Waals surface area contributed by atoms with Crippen molar-refractivity contribution in [3.63, 3.8) is 0 Å². The van der Waals surface area contributed by atoms with Gasteiger partial charge in [0.15, 0.2) is 0 Å². The molecule has 3 aromatic carbocycles. The molecule has 1 N–H and O–H groups in total. The van der Waals surface area contributed by atoms with E-state index in [2.05, 4.69) is 4.98 Å². The first kappa shape index (κ1) is 26.8. The highest BCUT2D eigenvalue weighted by Crippen LogP contribution is 2.45. The maximum Gasteiger partial charge on any atom is 0.471 e. The Morgan fingerprint density at radius 1 is 1.12 bits per heavy atom. The lowest BCUT2D eigenvalue weighted by molar-refractivity contribution is -0.171. The molecule has 1 aliphatic heterocycles. The van der Waals surface area contributed by atoms with Crippen LogP contribution in [-0.4, -0.2) is 39.3 Å². The van der Waals surface area contributed by atoms with E-state index >= 15 is 0 Å². The van der Waals surface area contributed by atoms with E-state index in [1.54, 1.807) is 18.2 Å². The number of benzene rings is 3. The SMILES string of the molecule is CCc1nc2ccc(F)cc2n1-c1cccc2c1CCC2N(C(=O)C(F)(F)F)c1ccc2c(c1)OC[C@H]2CC(=O)O. The molecular weight excluding hydrogens is 542 g/mol. The molecule has 0 fully saturated rings. The number of amides is 1. The average Bonchev–Trinajstić information content (AvgIpc) is 3.63. The zero-order valence-corrected chi connectivity index (χ0v) is 21.9. The predicted molar refractivity (Wildman–Crippen MR) is 142 cm³/mol. The van der Waals surface area contributed by atoms with E-state index < -0.39 is 35.8 Å². The van der Waals surface area contributed by atoms with Gasteiger partial charge in [0.1, 0.15) is 17.4 Å². The molecule has 41 heavy (non-hydrogen) atoms. The van der Waals surface area contributed by atoms with Crippen molar-refractivity contribution in [1.29, 1.82) is 0 Å². The number of alkyl halides is 3. The Morgan fingerprint density at radius 2 is 1.93 bits per heavy atom. The number of nitrogens with zero attached hydrogens (tertiary/aromatic N) is 3. The first-order valence-corrected chi connectivity index (χ1v) is 13.2. The molecule has 2 heterocycles. The van der Waals surface area contributed by atoms with Crippen molar-refractivity contribution in [3.05, 3.63) is 82.9 Å². The number of carboxylic acid groups (broad SMARTS) is 1. The van der Waals surface area contributed by atoms with Gasteiger partial charge < -0.3 is 9.84 Å². The van der Waals surface area contributed by atoms with Crippen molar-refractivity contribution in [2.45, 2.75) is 50.7 Å². The molecule has 4 aromatic rings. The summed E-state index contributed by atoms with van der Waals surface area (Å²) in [5, 5.41) is 9.18. The van der Waals surface area contributed by atoms with Crippen molar-refractivity contribution in [3.8, 4) is 11.4 Å². The molecule has 2 aliphatic rings. The molecule has 1 unspecified atom stereocenters. The molecule has 0 radical (unpaired) electrons. The van der Waals surface area contributed by atoms with Crippen molar-refractivity contribution >= 4 is 28.6 Å². The summed E-state index contributed by atoms with van der Waals surface area (Å²) in [6, 6.07) is 13.0. The first-order valence-electron chi connectivity index (χ1n) is 13.2. The normalized spacial score (nSPS) is 17.8. The average molecular weight is 568 g/mol. The number of carboxylic acids is 1. The highest BCUT2D eigenvalue weighted by molar-refractivity contribution is 5.98. The number of anilines is 1. The molecule has 1 aromatic heterocycles. The number of hydrogen-bond donors (Lipinski definition) is 1. The number of aryl methyl sites for hydroxylation is 1. The van der Waals surface area contributed by atoms with Gasteiger partial charge in [0, 0.05) is 35.7 Å². The molecule has 0 spiro atoms. The second kappa shape index (κ2) is 9.90. The highest BCUT2D eigenvalue weighted by atomic mass is 19.4. The summed E-state index contributed by atoms with van der Waals surface area (Å²) in [5.41, 5.74) is 3.74. The van der Waals surface area contributed by atoms with Crippen LogP contribution in [-0.2, 0) is 22.4 Å². The monoisotopic (exact) mass is 567 g/mol. The third-order valence-corrected chi connectivity index (χ3v) is 7.81. The molecule has 2 atom stereocenters. The van der Waals surface area contributed by atoms with Crippen LogP contribution in [0.4, 0.5) is 23.2 Å². The fourth-order valence-corrected chi connectivity index (χ4v) is 6.07. The number of carbonyl (C=O) groups is 2. The fraction of sp³-hybridized carbons (Fsp3) is 0.300. The molecule has 0 saturated heterocycles. The van der Waals surface area contributed by atoms with Gasteiger partial charge in [-0.05, 0) is 48.2 Å². The third-order valence-electron chi connectivity index (χ3n) is 7.81. The second-order valence-corrected chi connectivity index (χ2v) is 10.3. The number of aromatic nitrogens is 2. The quantitative estimate of drug-likeness (QED) is 0.278. The molecule has 0 saturated carbocycles. The van der Waals surface area contributed by atoms with Crippen LogP contribution in [0, 0.1) is 5.82 Å². The van der Waals surface area contributed by atoms with Gasteiger partial charge in [0.2, 0.25) is 0 Å². The van der Waals surface area contributed by atoms with Gasteiger partial charge in [-0.1, -0.05) is 25.1 Å². The second-order valence-electron chi connectivity index (χ2n) is 10.3. The number of rotatable bonds is 6. The molecule has 1 amide bonds. The third kappa shape index (κ3) is 4.58. The Labute approximate surface area is 232 Å². The van der Waals surface area contributed by atoms with Gasteiger partial charge in [-0.25, -0.2) is 9.37 Å². The molecule has 7 nitrogen and oxygen atoms in total. The Kier molecular flexibility index (Phi) is 6.47. The Balaban J connectivity index is 1.46. The summed E-state index contributed by atoms with van der Waals surface area (Å²) in [5.74, 6) is -2.94. The van der Waals surface area contributed by atoms with Crippen LogP contribution >= 0.6 is 0 Å². The van der Waals surface area contributed by atoms with E-state index in [9.17, 15) is 32.3 Å². The van der Waals surface area contributed by atoms with Crippen LogP contribution in [0.15, 0.2) is 54.6 Å². The summed E-state index contributed by atoms with van der Waals surface area (Å²) in [6.45, 7) is 2.01. The first-order chi connectivity index (χ1) is 19.6. The number of aliphatic carboxylic acids is 1. The van der Waals surface area contributed by atoms with Gasteiger partial charge in [-0.3, -0.25) is 19.1 Å². The molecule has 0 bridgehead atoms. The molecular formula is C30H25F4N3O4. The highest BCUT2D eigenvalue weighted by Gasteiger charge is 2.47. The van der Waals surface area contributed by atoms with Crippen LogP contribution in [0.5, 0.6) is 5.75 Å². The summed E-state index contributed by atoms with van der Waals surface area (Å²) in [6.07, 6.45) is -4.16. The summed E-state index contributed by atoms with van der Waals surface area (Å²) in [7, 11) is 0. The maximum absolute atomic E-state index is 14.2. The number of ether oxygens (including phenoxy) is 1. The lowest BCUT2D eigenvalue weighted by Gasteiger charge is -2.31. The van der Waals surface area contributed by atoms with Crippen molar-refractivity contribution in [2.75, 3.05) is 11.5 Å². The van der Waals surface area contributed by atoms with Crippen molar-refractivity contribution in [1.82, 2.24) is 9.55 Å². The smallest absolute Gasteiger partial charge is 0.471 e. The zero-order valence-electron chi connectivity index (χ0n) is 21.9. The summed E-state index contributed by atoms with van der Waals surface area (Å²) < 4.78 is 63.6. The number of imidazole rings is 1. The summed E-state index contributed by atoms with van der Waals surface area (Å²) in [4.78, 5) is 29.5. The molecule has 1 aliphatic carbocycles. The lowest BCUT2D eigenvalue weighted by atomic mass is 9.97. The van der Waals surface area contributed by atoms with Crippen LogP contribution in [0.1, 0.15) is 54.2 Å². The van der Waals surface area contributed by atoms with E-state index in [1.807, 2.05) is 17.6 Å². The van der Waals surface area contributed by atoms with Crippen molar-refractivity contribution in [2.24, 2.45) is 0 Å². The lowest BCUT2D eigenvalue weighted by Crippen LogP contribution is -2.43. The van der Waals surface area contributed by atoms with E-state index in [0.29, 0.717) is 46.5 Å². The fourth-order valence-electron chi connectivity index (χ4n) is 6.07. The number of carbonyl (C=O) groups excluding carboxylic acids is 1. The number of fused-ring (bicyclic) bond motifs is 3. The van der Waals surface area contributed by atoms with Crippen LogP contribution < -0.4 is 9.64 Å². The van der Waals surface area contributed by atoms with Gasteiger partial charge in [-0.2, -0.15) is 13.2 Å². The predicted octanol–water partition coefficient (Wildman–Crippen LogP) is 6.26. The van der Waals surface area contributed by atoms with Gasteiger partial charge in [0.25, 0.3) is 0 Å². The minimum atomic E-state index is -5.14. The van der Waals surface area contributed by atoms with Gasteiger partial charge >= 0.3 is 18.1 Å². The minimum absolute atomic E-state index is 0.00898. The largest absolute Gasteiger partial charge is 0.493 e. The topological polar surface area (TPSA) is 84.7 Å². The maximum atomic E-state index is 14.2. The number of halogens is 4. The van der Waals surface area contributed by atoms with Crippen LogP contribution in [0.3, 0.4) is 0 Å². The van der Waals surface area contributed by atoms with Gasteiger partial charge in [-0.15, -0.1) is 0 Å². The van der Waals surface area contributed by atoms with E-state index in [-0.39, 0.29) is 30.9 Å². The number of hydrogen-bond acceptors (Lipinski definition) is 4. The molecule has 6 rings (SSSR count). The standard InChI is InChI=1S/C30H25F4N3O4/c1-2-27-35-22-10-6-17(31)13-25(22)37(27)23-5-3-4-20-21(23)9-11-24(20)36(29(40)30(32,33)34)18-7-8-19-16(12-28(38)39)15-41-26(19)14-18/h3-8,10,13-14,16,24H,2,9,11-12,15H2,1H3,(H,38,39)/t16-,24?/m1/s1. The molecule has 11 heteroatoms. The zero-order chi connectivity index (χ0) is 29.1. The van der Waals surface area contributed by atoms with Crippen LogP contribution in [0.2, 0.25) is 0 Å². The van der Waals surface area contributed by atoms with Gasteiger partial charge in [0.05, 0.1) is 35.8 Å². The van der Waals surface area contributed by atoms with Crippen LogP contribution in [0.25, 0.3) is 16.7 Å². The van der Waals surface area contributed by atoms with Crippen molar-refractivity contribution < 1.29 is 37.0 Å². The summed E-state index contributed by atoms with van der Waals surface area (Å²) >= 11 is 0. The van der Waals surface area contributed by atoms with E-state index in [0.717, 1.165) is 10.5 Å². The Hall–Kier alpha value is -4.41. The van der Waals surface area contributed by atoms with E-state index in [1.165, 1.54) is 30.3 Å². The van der Waals surface area contributed by atoms with E-state index in [4.69, 9.17) is 4.74 Å². The molecule has 212 valence electrons.